The third-order valence-electron chi connectivity index (χ3n) is 3.89. The summed E-state index contributed by atoms with van der Waals surface area (Å²) in [7, 11) is 2.20. The first kappa shape index (κ1) is 13.0. The first-order valence-corrected chi connectivity index (χ1v) is 6.71. The number of hydrogen-bond donors (Lipinski definition) is 1. The second kappa shape index (κ2) is 5.93. The van der Waals surface area contributed by atoms with E-state index in [1.807, 2.05) is 18.2 Å². The zero-order valence-corrected chi connectivity index (χ0v) is 11.3. The van der Waals surface area contributed by atoms with Crippen LogP contribution in [0.15, 0.2) is 24.3 Å². The summed E-state index contributed by atoms with van der Waals surface area (Å²) < 4.78 is 0. The fraction of sp³-hybridized carbons (Fsp3) is 0.500. The van der Waals surface area contributed by atoms with Gasteiger partial charge in [0, 0.05) is 17.3 Å². The molecule has 96 valence electrons. The molecular weight excluding hydrogens is 220 g/mol. The number of nitrogens with zero attached hydrogens (tertiary/aromatic N) is 1. The Kier molecular flexibility index (Phi) is 4.28. The van der Waals surface area contributed by atoms with Crippen molar-refractivity contribution < 1.29 is 0 Å². The Morgan fingerprint density at radius 3 is 2.78 bits per heavy atom. The molecule has 2 nitrogen and oxygen atoms in total. The summed E-state index contributed by atoms with van der Waals surface area (Å²) in [6.45, 7) is 4.70. The van der Waals surface area contributed by atoms with Crippen LogP contribution in [-0.4, -0.2) is 31.1 Å². The highest BCUT2D eigenvalue weighted by Crippen LogP contribution is 2.22. The Labute approximate surface area is 110 Å². The van der Waals surface area contributed by atoms with Gasteiger partial charge in [-0.25, -0.2) is 0 Å². The fourth-order valence-corrected chi connectivity index (χ4v) is 2.61. The molecule has 0 bridgehead atoms. The number of rotatable bonds is 3. The standard InChI is InChI=1S/C16H22N2/c1-4-14-6-5-7-16(12-14)17-13(2)15-8-10-18(3)11-9-15/h1,5-7,12-13,15,17H,8-11H2,2-3H3/t13-/m1/s1. The first-order valence-electron chi connectivity index (χ1n) is 6.71. The number of piperidine rings is 1. The second-order valence-corrected chi connectivity index (χ2v) is 5.30. The molecule has 1 aliphatic rings. The van der Waals surface area contributed by atoms with Gasteiger partial charge in [0.25, 0.3) is 0 Å². The lowest BCUT2D eigenvalue weighted by atomic mass is 9.90. The van der Waals surface area contributed by atoms with Gasteiger partial charge in [0.05, 0.1) is 0 Å². The number of hydrogen-bond acceptors (Lipinski definition) is 2. The molecule has 1 aromatic carbocycles. The molecule has 1 fully saturated rings. The molecule has 1 saturated heterocycles. The van der Waals surface area contributed by atoms with E-state index in [0.29, 0.717) is 6.04 Å². The molecule has 2 heteroatoms. The smallest absolute Gasteiger partial charge is 0.0354 e. The highest BCUT2D eigenvalue weighted by atomic mass is 15.1. The summed E-state index contributed by atoms with van der Waals surface area (Å²) in [5, 5.41) is 3.59. The van der Waals surface area contributed by atoms with Crippen LogP contribution in [0.3, 0.4) is 0 Å². The van der Waals surface area contributed by atoms with Gasteiger partial charge in [0.1, 0.15) is 0 Å². The molecule has 1 aromatic rings. The second-order valence-electron chi connectivity index (χ2n) is 5.30. The minimum absolute atomic E-state index is 0.506. The SMILES string of the molecule is C#Cc1cccc(N[C@H](C)C2CCN(C)CC2)c1. The highest BCUT2D eigenvalue weighted by molar-refractivity contribution is 5.50. The van der Waals surface area contributed by atoms with Crippen molar-refractivity contribution in [2.75, 3.05) is 25.5 Å². The van der Waals surface area contributed by atoms with Crippen LogP contribution in [0.5, 0.6) is 0 Å². The van der Waals surface area contributed by atoms with Gasteiger partial charge in [-0.15, -0.1) is 6.42 Å². The van der Waals surface area contributed by atoms with Crippen LogP contribution in [-0.2, 0) is 0 Å². The van der Waals surface area contributed by atoms with Crippen LogP contribution < -0.4 is 5.32 Å². The lowest BCUT2D eigenvalue weighted by molar-refractivity contribution is 0.208. The molecule has 2 rings (SSSR count). The Hall–Kier alpha value is -1.46. The van der Waals surface area contributed by atoms with E-state index >= 15 is 0 Å². The molecule has 0 unspecified atom stereocenters. The first-order chi connectivity index (χ1) is 8.69. The molecule has 1 aliphatic heterocycles. The maximum Gasteiger partial charge on any atom is 0.0354 e. The minimum Gasteiger partial charge on any atom is -0.382 e. The van der Waals surface area contributed by atoms with Gasteiger partial charge in [-0.3, -0.25) is 0 Å². The summed E-state index contributed by atoms with van der Waals surface area (Å²) in [5.74, 6) is 3.44. The average Bonchev–Trinajstić information content (AvgIpc) is 2.39. The van der Waals surface area contributed by atoms with Gasteiger partial charge in [0.2, 0.25) is 0 Å². The number of anilines is 1. The summed E-state index contributed by atoms with van der Waals surface area (Å²) >= 11 is 0. The Balaban J connectivity index is 1.94. The molecule has 0 spiro atoms. The quantitative estimate of drug-likeness (QED) is 0.820. The van der Waals surface area contributed by atoms with Crippen molar-refractivity contribution >= 4 is 5.69 Å². The van der Waals surface area contributed by atoms with E-state index in [-0.39, 0.29) is 0 Å². The minimum atomic E-state index is 0.506. The summed E-state index contributed by atoms with van der Waals surface area (Å²) in [6, 6.07) is 8.62. The number of terminal acetylenes is 1. The van der Waals surface area contributed by atoms with Crippen molar-refractivity contribution in [3.63, 3.8) is 0 Å². The van der Waals surface area contributed by atoms with Gasteiger partial charge in [-0.1, -0.05) is 12.0 Å². The van der Waals surface area contributed by atoms with Crippen LogP contribution in [0.4, 0.5) is 5.69 Å². The summed E-state index contributed by atoms with van der Waals surface area (Å²) in [5.41, 5.74) is 2.08. The predicted octanol–water partition coefficient (Wildman–Crippen LogP) is 2.81. The zero-order valence-electron chi connectivity index (χ0n) is 11.3. The van der Waals surface area contributed by atoms with Gasteiger partial charge in [0.15, 0.2) is 0 Å². The number of likely N-dealkylation sites (tertiary alicyclic amines) is 1. The van der Waals surface area contributed by atoms with Crippen LogP contribution in [0, 0.1) is 18.3 Å². The molecule has 0 amide bonds. The largest absolute Gasteiger partial charge is 0.382 e. The van der Waals surface area contributed by atoms with Gasteiger partial charge < -0.3 is 10.2 Å². The van der Waals surface area contributed by atoms with E-state index in [4.69, 9.17) is 6.42 Å². The molecule has 1 N–H and O–H groups in total. The van der Waals surface area contributed by atoms with Gasteiger partial charge in [-0.05, 0) is 64.0 Å². The monoisotopic (exact) mass is 242 g/mol. The molecular formula is C16H22N2. The van der Waals surface area contributed by atoms with E-state index < -0.39 is 0 Å². The van der Waals surface area contributed by atoms with Crippen molar-refractivity contribution in [2.45, 2.75) is 25.8 Å². The number of nitrogens with one attached hydrogen (secondary N) is 1. The third kappa shape index (κ3) is 3.27. The molecule has 18 heavy (non-hydrogen) atoms. The lowest BCUT2D eigenvalue weighted by Gasteiger charge is -2.33. The molecule has 0 aromatic heterocycles. The Bertz CT molecular complexity index is 425. The third-order valence-corrected chi connectivity index (χ3v) is 3.89. The molecule has 1 heterocycles. The van der Waals surface area contributed by atoms with E-state index in [9.17, 15) is 0 Å². The van der Waals surface area contributed by atoms with E-state index in [1.54, 1.807) is 0 Å². The molecule has 0 radical (unpaired) electrons. The lowest BCUT2D eigenvalue weighted by Crippen LogP contribution is -2.37. The van der Waals surface area contributed by atoms with Gasteiger partial charge >= 0.3 is 0 Å². The van der Waals surface area contributed by atoms with Crippen LogP contribution in [0.2, 0.25) is 0 Å². The Morgan fingerprint density at radius 1 is 1.39 bits per heavy atom. The van der Waals surface area contributed by atoms with Crippen molar-refractivity contribution in [3.05, 3.63) is 29.8 Å². The normalized spacial score (nSPS) is 19.2. The Morgan fingerprint density at radius 2 is 2.11 bits per heavy atom. The van der Waals surface area contributed by atoms with E-state index in [1.165, 1.54) is 25.9 Å². The summed E-state index contributed by atoms with van der Waals surface area (Å²) in [6.07, 6.45) is 7.98. The maximum absolute atomic E-state index is 5.42. The van der Waals surface area contributed by atoms with Crippen LogP contribution in [0.25, 0.3) is 0 Å². The molecule has 0 saturated carbocycles. The molecule has 1 atom stereocenters. The van der Waals surface area contributed by atoms with Crippen LogP contribution >= 0.6 is 0 Å². The topological polar surface area (TPSA) is 15.3 Å². The van der Waals surface area contributed by atoms with Crippen molar-refractivity contribution in [3.8, 4) is 12.3 Å². The highest BCUT2D eigenvalue weighted by Gasteiger charge is 2.21. The van der Waals surface area contributed by atoms with Crippen molar-refractivity contribution in [1.82, 2.24) is 4.90 Å². The van der Waals surface area contributed by atoms with E-state index in [2.05, 4.69) is 36.2 Å². The van der Waals surface area contributed by atoms with Gasteiger partial charge in [-0.2, -0.15) is 0 Å². The zero-order chi connectivity index (χ0) is 13.0. The summed E-state index contributed by atoms with van der Waals surface area (Å²) in [4.78, 5) is 2.40. The average molecular weight is 242 g/mol. The van der Waals surface area contributed by atoms with Crippen molar-refractivity contribution in [2.24, 2.45) is 5.92 Å². The van der Waals surface area contributed by atoms with Crippen molar-refractivity contribution in [1.29, 1.82) is 0 Å². The van der Waals surface area contributed by atoms with Crippen LogP contribution in [0.1, 0.15) is 25.3 Å². The molecule has 0 aliphatic carbocycles. The van der Waals surface area contributed by atoms with E-state index in [0.717, 1.165) is 17.2 Å². The fourth-order valence-electron chi connectivity index (χ4n) is 2.61. The number of benzene rings is 1. The maximum atomic E-state index is 5.42. The predicted molar refractivity (Wildman–Crippen MR) is 77.7 cm³/mol.